The molecule has 0 aliphatic heterocycles. The number of nitrogens with one attached hydrogen (secondary N) is 1. The van der Waals surface area contributed by atoms with Crippen molar-refractivity contribution in [3.63, 3.8) is 0 Å². The summed E-state index contributed by atoms with van der Waals surface area (Å²) < 4.78 is 24.4. The molecular weight excluding hydrogens is 363 g/mol. The first-order valence-electron chi connectivity index (χ1n) is 9.27. The van der Waals surface area contributed by atoms with Gasteiger partial charge in [-0.15, -0.1) is 0 Å². The minimum atomic E-state index is -0.269. The lowest BCUT2D eigenvalue weighted by Crippen LogP contribution is -2.34. The molecule has 0 aliphatic carbocycles. The van der Waals surface area contributed by atoms with Gasteiger partial charge in [-0.2, -0.15) is 0 Å². The van der Waals surface area contributed by atoms with E-state index in [4.69, 9.17) is 21.7 Å². The average Bonchev–Trinajstić information content (AvgIpc) is 2.65. The van der Waals surface area contributed by atoms with Crippen LogP contribution in [0.1, 0.15) is 32.8 Å². The third-order valence-electron chi connectivity index (χ3n) is 3.86. The normalized spacial score (nSPS) is 10.4. The molecule has 0 amide bonds. The van der Waals surface area contributed by atoms with Gasteiger partial charge in [-0.25, -0.2) is 4.39 Å². The number of anilines is 1. The van der Waals surface area contributed by atoms with Gasteiger partial charge < -0.3 is 19.7 Å². The van der Waals surface area contributed by atoms with Gasteiger partial charge >= 0.3 is 0 Å². The number of benzene rings is 2. The molecule has 0 fully saturated rings. The highest BCUT2D eigenvalue weighted by Crippen LogP contribution is 2.29. The standard InChI is InChI=1S/C21H27FN2O2S/c1-4-13-24(21(27)23-18-10-8-17(22)9-11-18)15-16-7-12-19(25-5-2)20(14-16)26-6-3/h7-12,14H,4-6,13,15H2,1-3H3,(H,23,27). The van der Waals surface area contributed by atoms with Crippen LogP contribution in [0.5, 0.6) is 11.5 Å². The lowest BCUT2D eigenvalue weighted by molar-refractivity contribution is 0.287. The van der Waals surface area contributed by atoms with E-state index >= 15 is 0 Å². The predicted octanol–water partition coefficient (Wildman–Crippen LogP) is 5.23. The topological polar surface area (TPSA) is 33.7 Å². The minimum Gasteiger partial charge on any atom is -0.490 e. The molecule has 2 aromatic carbocycles. The third kappa shape index (κ3) is 6.40. The fourth-order valence-electron chi connectivity index (χ4n) is 2.67. The first-order chi connectivity index (χ1) is 13.1. The van der Waals surface area contributed by atoms with Gasteiger partial charge in [-0.3, -0.25) is 0 Å². The van der Waals surface area contributed by atoms with Crippen LogP contribution in [0.25, 0.3) is 0 Å². The van der Waals surface area contributed by atoms with Crippen molar-refractivity contribution in [2.24, 2.45) is 0 Å². The number of hydrogen-bond acceptors (Lipinski definition) is 3. The van der Waals surface area contributed by atoms with Gasteiger partial charge in [0.1, 0.15) is 5.82 Å². The van der Waals surface area contributed by atoms with Crippen LogP contribution in [-0.4, -0.2) is 29.8 Å². The molecule has 0 atom stereocenters. The lowest BCUT2D eigenvalue weighted by atomic mass is 10.2. The highest BCUT2D eigenvalue weighted by Gasteiger charge is 2.13. The molecule has 1 N–H and O–H groups in total. The van der Waals surface area contributed by atoms with Gasteiger partial charge in [0.25, 0.3) is 0 Å². The van der Waals surface area contributed by atoms with Crippen molar-refractivity contribution in [3.05, 3.63) is 53.8 Å². The monoisotopic (exact) mass is 390 g/mol. The zero-order valence-electron chi connectivity index (χ0n) is 16.1. The largest absolute Gasteiger partial charge is 0.490 e. The molecule has 6 heteroatoms. The Hall–Kier alpha value is -2.34. The van der Waals surface area contributed by atoms with E-state index in [2.05, 4.69) is 17.1 Å². The number of nitrogens with zero attached hydrogens (tertiary/aromatic N) is 1. The molecule has 0 aliphatic rings. The second kappa shape index (κ2) is 10.7. The van der Waals surface area contributed by atoms with Crippen LogP contribution in [0.4, 0.5) is 10.1 Å². The summed E-state index contributed by atoms with van der Waals surface area (Å²) in [7, 11) is 0. The van der Waals surface area contributed by atoms with Crippen molar-refractivity contribution in [3.8, 4) is 11.5 Å². The number of hydrogen-bond donors (Lipinski definition) is 1. The van der Waals surface area contributed by atoms with Crippen LogP contribution in [0.15, 0.2) is 42.5 Å². The van der Waals surface area contributed by atoms with Crippen molar-refractivity contribution < 1.29 is 13.9 Å². The van der Waals surface area contributed by atoms with Gasteiger partial charge in [-0.1, -0.05) is 13.0 Å². The number of ether oxygens (including phenoxy) is 2. The summed E-state index contributed by atoms with van der Waals surface area (Å²) in [6.45, 7) is 8.63. The summed E-state index contributed by atoms with van der Waals surface area (Å²) in [5, 5.41) is 3.79. The predicted molar refractivity (Wildman–Crippen MR) is 112 cm³/mol. The molecule has 27 heavy (non-hydrogen) atoms. The van der Waals surface area contributed by atoms with Crippen molar-refractivity contribution >= 4 is 23.0 Å². The SMILES string of the molecule is CCCN(Cc1ccc(OCC)c(OCC)c1)C(=S)Nc1ccc(F)cc1. The maximum Gasteiger partial charge on any atom is 0.173 e. The fraction of sp³-hybridized carbons (Fsp3) is 0.381. The van der Waals surface area contributed by atoms with Crippen LogP contribution in [0.3, 0.4) is 0 Å². The third-order valence-corrected chi connectivity index (χ3v) is 4.22. The molecule has 0 aromatic heterocycles. The summed E-state index contributed by atoms with van der Waals surface area (Å²) in [6, 6.07) is 12.1. The summed E-state index contributed by atoms with van der Waals surface area (Å²) >= 11 is 5.57. The maximum absolute atomic E-state index is 13.1. The molecule has 0 bridgehead atoms. The lowest BCUT2D eigenvalue weighted by Gasteiger charge is -2.26. The van der Waals surface area contributed by atoms with E-state index < -0.39 is 0 Å². The first kappa shape index (κ1) is 21.0. The molecule has 0 unspecified atom stereocenters. The summed E-state index contributed by atoms with van der Waals surface area (Å²) in [5.41, 5.74) is 1.85. The van der Waals surface area contributed by atoms with E-state index in [0.717, 1.165) is 35.7 Å². The van der Waals surface area contributed by atoms with Crippen LogP contribution >= 0.6 is 12.2 Å². The molecule has 0 heterocycles. The van der Waals surface area contributed by atoms with Gasteiger partial charge in [0.15, 0.2) is 16.6 Å². The first-order valence-corrected chi connectivity index (χ1v) is 9.68. The van der Waals surface area contributed by atoms with Crippen molar-refractivity contribution in [2.75, 3.05) is 25.1 Å². The average molecular weight is 391 g/mol. The smallest absolute Gasteiger partial charge is 0.173 e. The van der Waals surface area contributed by atoms with Gasteiger partial charge in [0, 0.05) is 18.8 Å². The zero-order chi connectivity index (χ0) is 19.6. The van der Waals surface area contributed by atoms with E-state index in [-0.39, 0.29) is 5.82 Å². The Morgan fingerprint density at radius 2 is 1.67 bits per heavy atom. The fourth-order valence-corrected chi connectivity index (χ4v) is 2.95. The Morgan fingerprint density at radius 1 is 1.00 bits per heavy atom. The Bertz CT molecular complexity index is 737. The van der Waals surface area contributed by atoms with E-state index in [1.54, 1.807) is 12.1 Å². The summed E-state index contributed by atoms with van der Waals surface area (Å²) in [5.74, 6) is 1.22. The highest BCUT2D eigenvalue weighted by molar-refractivity contribution is 7.80. The number of rotatable bonds is 9. The Labute approximate surface area is 166 Å². The van der Waals surface area contributed by atoms with Crippen LogP contribution in [0.2, 0.25) is 0 Å². The Kier molecular flexibility index (Phi) is 8.33. The van der Waals surface area contributed by atoms with Gasteiger partial charge in [0.2, 0.25) is 0 Å². The summed E-state index contributed by atoms with van der Waals surface area (Å²) in [6.07, 6.45) is 0.959. The molecule has 146 valence electrons. The van der Waals surface area contributed by atoms with Crippen LogP contribution in [0, 0.1) is 5.82 Å². The second-order valence-corrected chi connectivity index (χ2v) is 6.39. The van der Waals surface area contributed by atoms with E-state index in [1.165, 1.54) is 12.1 Å². The van der Waals surface area contributed by atoms with Crippen molar-refractivity contribution in [1.29, 1.82) is 0 Å². The van der Waals surface area contributed by atoms with Crippen molar-refractivity contribution in [1.82, 2.24) is 4.90 Å². The summed E-state index contributed by atoms with van der Waals surface area (Å²) in [4.78, 5) is 2.09. The minimum absolute atomic E-state index is 0.269. The molecule has 4 nitrogen and oxygen atoms in total. The quantitative estimate of drug-likeness (QED) is 0.593. The molecular formula is C21H27FN2O2S. The van der Waals surface area contributed by atoms with Crippen LogP contribution < -0.4 is 14.8 Å². The molecule has 0 radical (unpaired) electrons. The molecule has 2 aromatic rings. The highest BCUT2D eigenvalue weighted by atomic mass is 32.1. The molecule has 0 spiro atoms. The number of halogens is 1. The van der Waals surface area contributed by atoms with Gasteiger partial charge in [-0.05, 0) is 74.4 Å². The molecule has 2 rings (SSSR count). The maximum atomic E-state index is 13.1. The van der Waals surface area contributed by atoms with Crippen LogP contribution in [-0.2, 0) is 6.54 Å². The van der Waals surface area contributed by atoms with Crippen molar-refractivity contribution in [2.45, 2.75) is 33.7 Å². The molecule has 0 saturated heterocycles. The van der Waals surface area contributed by atoms with E-state index in [9.17, 15) is 4.39 Å². The number of thiocarbonyl (C=S) groups is 1. The van der Waals surface area contributed by atoms with E-state index in [0.29, 0.717) is 24.9 Å². The molecule has 0 saturated carbocycles. The zero-order valence-corrected chi connectivity index (χ0v) is 16.9. The Balaban J connectivity index is 2.13. The van der Waals surface area contributed by atoms with E-state index in [1.807, 2.05) is 32.0 Å². The Morgan fingerprint density at radius 3 is 2.30 bits per heavy atom. The van der Waals surface area contributed by atoms with Gasteiger partial charge in [0.05, 0.1) is 13.2 Å². The second-order valence-electron chi connectivity index (χ2n) is 6.01.